The molecule has 15 heavy (non-hydrogen) atoms. The summed E-state index contributed by atoms with van der Waals surface area (Å²) in [5, 5.41) is 2.79. The molecule has 0 aliphatic carbocycles. The second kappa shape index (κ2) is 5.14. The van der Waals surface area contributed by atoms with Gasteiger partial charge in [-0.15, -0.1) is 0 Å². The van der Waals surface area contributed by atoms with Crippen molar-refractivity contribution in [2.75, 3.05) is 13.1 Å². The number of nitrogens with zero attached hydrogens (tertiary/aromatic N) is 1. The van der Waals surface area contributed by atoms with Crippen molar-refractivity contribution in [1.82, 2.24) is 10.2 Å². The minimum Gasteiger partial charge on any atom is -0.353 e. The number of carbonyl (C=O) groups is 2. The molecule has 0 aromatic heterocycles. The summed E-state index contributed by atoms with van der Waals surface area (Å²) in [6.45, 7) is 7.20. The van der Waals surface area contributed by atoms with E-state index in [-0.39, 0.29) is 17.9 Å². The van der Waals surface area contributed by atoms with E-state index in [0.29, 0.717) is 31.8 Å². The molecule has 1 atom stereocenters. The normalized spacial score (nSPS) is 21.7. The van der Waals surface area contributed by atoms with Gasteiger partial charge in [0.05, 0.1) is 0 Å². The Morgan fingerprint density at radius 2 is 2.27 bits per heavy atom. The Kier molecular flexibility index (Phi) is 4.12. The molecule has 1 N–H and O–H groups in total. The molecule has 0 aromatic rings. The van der Waals surface area contributed by atoms with Crippen molar-refractivity contribution in [3.8, 4) is 0 Å². The second-order valence-electron chi connectivity index (χ2n) is 4.40. The standard InChI is InChI=1S/C11H20N2O2/c1-4-9-11(15)12-5-6-13(9)10(14)7-8(2)3/h8-9H,4-7H2,1-3H3,(H,12,15). The molecule has 0 aromatic carbocycles. The van der Waals surface area contributed by atoms with Gasteiger partial charge < -0.3 is 10.2 Å². The molecule has 1 unspecified atom stereocenters. The number of rotatable bonds is 3. The third kappa shape index (κ3) is 2.94. The van der Waals surface area contributed by atoms with Crippen LogP contribution in [0, 0.1) is 5.92 Å². The smallest absolute Gasteiger partial charge is 0.242 e. The molecule has 1 aliphatic rings. The number of amides is 2. The zero-order chi connectivity index (χ0) is 11.4. The van der Waals surface area contributed by atoms with Gasteiger partial charge in [-0.3, -0.25) is 9.59 Å². The Labute approximate surface area is 91.0 Å². The van der Waals surface area contributed by atoms with Gasteiger partial charge in [0, 0.05) is 19.5 Å². The summed E-state index contributed by atoms with van der Waals surface area (Å²) in [5.74, 6) is 0.438. The molecule has 86 valence electrons. The molecule has 2 amide bonds. The molecule has 4 heteroatoms. The Morgan fingerprint density at radius 1 is 1.60 bits per heavy atom. The minimum absolute atomic E-state index is 0.0131. The predicted octanol–water partition coefficient (Wildman–Crippen LogP) is 0.769. The Bertz CT molecular complexity index is 251. The number of piperazine rings is 1. The second-order valence-corrected chi connectivity index (χ2v) is 4.40. The Hall–Kier alpha value is -1.06. The quantitative estimate of drug-likeness (QED) is 0.751. The van der Waals surface area contributed by atoms with Crippen LogP contribution in [0.15, 0.2) is 0 Å². The average Bonchev–Trinajstić information content (AvgIpc) is 2.16. The summed E-state index contributed by atoms with van der Waals surface area (Å²) in [7, 11) is 0. The van der Waals surface area contributed by atoms with Crippen LogP contribution in [0.4, 0.5) is 0 Å². The fraction of sp³-hybridized carbons (Fsp3) is 0.818. The maximum Gasteiger partial charge on any atom is 0.242 e. The highest BCUT2D eigenvalue weighted by Crippen LogP contribution is 2.12. The van der Waals surface area contributed by atoms with Crippen molar-refractivity contribution in [3.05, 3.63) is 0 Å². The van der Waals surface area contributed by atoms with Gasteiger partial charge in [-0.2, -0.15) is 0 Å². The van der Waals surface area contributed by atoms with E-state index >= 15 is 0 Å². The van der Waals surface area contributed by atoms with Gasteiger partial charge in [0.25, 0.3) is 0 Å². The molecule has 0 saturated carbocycles. The van der Waals surface area contributed by atoms with E-state index in [4.69, 9.17) is 0 Å². The maximum absolute atomic E-state index is 11.9. The minimum atomic E-state index is -0.259. The van der Waals surface area contributed by atoms with Crippen LogP contribution in [0.2, 0.25) is 0 Å². The average molecular weight is 212 g/mol. The van der Waals surface area contributed by atoms with Gasteiger partial charge in [0.1, 0.15) is 6.04 Å². The lowest BCUT2D eigenvalue weighted by atomic mass is 10.1. The highest BCUT2D eigenvalue weighted by molar-refractivity contribution is 5.88. The first-order valence-corrected chi connectivity index (χ1v) is 5.63. The topological polar surface area (TPSA) is 49.4 Å². The Balaban J connectivity index is 2.65. The van der Waals surface area contributed by atoms with E-state index < -0.39 is 0 Å². The lowest BCUT2D eigenvalue weighted by Crippen LogP contribution is -2.57. The van der Waals surface area contributed by atoms with E-state index in [2.05, 4.69) is 5.32 Å². The van der Waals surface area contributed by atoms with E-state index in [1.54, 1.807) is 4.90 Å². The van der Waals surface area contributed by atoms with Gasteiger partial charge in [-0.05, 0) is 12.3 Å². The van der Waals surface area contributed by atoms with Gasteiger partial charge in [0.15, 0.2) is 0 Å². The van der Waals surface area contributed by atoms with Crippen LogP contribution in [-0.4, -0.2) is 35.8 Å². The summed E-state index contributed by atoms with van der Waals surface area (Å²) in [5.41, 5.74) is 0. The SMILES string of the molecule is CCC1C(=O)NCCN1C(=O)CC(C)C. The lowest BCUT2D eigenvalue weighted by molar-refractivity contribution is -0.143. The van der Waals surface area contributed by atoms with E-state index in [1.807, 2.05) is 20.8 Å². The summed E-state index contributed by atoms with van der Waals surface area (Å²) in [6, 6.07) is -0.259. The number of carbonyl (C=O) groups excluding carboxylic acids is 2. The van der Waals surface area contributed by atoms with Crippen LogP contribution in [0.25, 0.3) is 0 Å². The first-order chi connectivity index (χ1) is 7.06. The van der Waals surface area contributed by atoms with Crippen LogP contribution in [0.3, 0.4) is 0 Å². The summed E-state index contributed by atoms with van der Waals surface area (Å²) in [6.07, 6.45) is 1.22. The Morgan fingerprint density at radius 3 is 2.80 bits per heavy atom. The largest absolute Gasteiger partial charge is 0.353 e. The molecule has 1 fully saturated rings. The monoisotopic (exact) mass is 212 g/mol. The van der Waals surface area contributed by atoms with Crippen LogP contribution >= 0.6 is 0 Å². The zero-order valence-corrected chi connectivity index (χ0v) is 9.75. The molecule has 4 nitrogen and oxygen atoms in total. The molecule has 0 spiro atoms. The van der Waals surface area contributed by atoms with E-state index in [0.717, 1.165) is 0 Å². The van der Waals surface area contributed by atoms with Gasteiger partial charge >= 0.3 is 0 Å². The predicted molar refractivity (Wildman–Crippen MR) is 58.3 cm³/mol. The van der Waals surface area contributed by atoms with Crippen LogP contribution in [0.1, 0.15) is 33.6 Å². The van der Waals surface area contributed by atoms with Gasteiger partial charge in [-0.1, -0.05) is 20.8 Å². The maximum atomic E-state index is 11.9. The summed E-state index contributed by atoms with van der Waals surface area (Å²) in [4.78, 5) is 25.1. The van der Waals surface area contributed by atoms with Gasteiger partial charge in [-0.25, -0.2) is 0 Å². The van der Waals surface area contributed by atoms with Crippen LogP contribution in [-0.2, 0) is 9.59 Å². The fourth-order valence-electron chi connectivity index (χ4n) is 1.89. The summed E-state index contributed by atoms with van der Waals surface area (Å²) < 4.78 is 0. The van der Waals surface area contributed by atoms with E-state index in [1.165, 1.54) is 0 Å². The van der Waals surface area contributed by atoms with Crippen molar-refractivity contribution in [3.63, 3.8) is 0 Å². The van der Waals surface area contributed by atoms with Crippen LogP contribution < -0.4 is 5.32 Å². The zero-order valence-electron chi connectivity index (χ0n) is 9.75. The van der Waals surface area contributed by atoms with Crippen LogP contribution in [0.5, 0.6) is 0 Å². The summed E-state index contributed by atoms with van der Waals surface area (Å²) >= 11 is 0. The molecular weight excluding hydrogens is 192 g/mol. The first kappa shape index (κ1) is 12.0. The van der Waals surface area contributed by atoms with Crippen molar-refractivity contribution in [1.29, 1.82) is 0 Å². The molecular formula is C11H20N2O2. The molecule has 1 rings (SSSR count). The highest BCUT2D eigenvalue weighted by Gasteiger charge is 2.31. The third-order valence-corrected chi connectivity index (χ3v) is 2.62. The highest BCUT2D eigenvalue weighted by atomic mass is 16.2. The van der Waals surface area contributed by atoms with Crippen molar-refractivity contribution in [2.45, 2.75) is 39.7 Å². The van der Waals surface area contributed by atoms with Crippen molar-refractivity contribution in [2.24, 2.45) is 5.92 Å². The molecule has 1 aliphatic heterocycles. The molecule has 0 radical (unpaired) electrons. The number of hydrogen-bond donors (Lipinski definition) is 1. The van der Waals surface area contributed by atoms with Crippen molar-refractivity contribution < 1.29 is 9.59 Å². The fourth-order valence-corrected chi connectivity index (χ4v) is 1.89. The molecule has 1 heterocycles. The molecule has 0 bridgehead atoms. The van der Waals surface area contributed by atoms with E-state index in [9.17, 15) is 9.59 Å². The number of hydrogen-bond acceptors (Lipinski definition) is 2. The molecule has 1 saturated heterocycles. The third-order valence-electron chi connectivity index (χ3n) is 2.62. The van der Waals surface area contributed by atoms with Gasteiger partial charge in [0.2, 0.25) is 11.8 Å². The van der Waals surface area contributed by atoms with Crippen molar-refractivity contribution >= 4 is 11.8 Å². The first-order valence-electron chi connectivity index (χ1n) is 5.63. The lowest BCUT2D eigenvalue weighted by Gasteiger charge is -2.35. The number of nitrogens with one attached hydrogen (secondary N) is 1.